The van der Waals surface area contributed by atoms with Crippen molar-refractivity contribution in [2.45, 2.75) is 25.9 Å². The summed E-state index contributed by atoms with van der Waals surface area (Å²) >= 11 is 2.44. The number of nitrogens with zero attached hydrogens (tertiary/aromatic N) is 4. The molecule has 4 rings (SSSR count). The van der Waals surface area contributed by atoms with E-state index in [-0.39, 0.29) is 29.0 Å². The van der Waals surface area contributed by atoms with Gasteiger partial charge in [-0.1, -0.05) is 0 Å². The maximum absolute atomic E-state index is 4.37. The normalized spacial score (nSPS) is 10.8. The summed E-state index contributed by atoms with van der Waals surface area (Å²) in [5, 5.41) is 24.2. The van der Waals surface area contributed by atoms with Crippen LogP contribution in [0.2, 0.25) is 0 Å². The Labute approximate surface area is 198 Å². The van der Waals surface area contributed by atoms with Crippen LogP contribution in [0.15, 0.2) is 60.7 Å². The molecule has 0 atom stereocenters. The SMILES string of the molecule is c1ccc(CNc2nnc(CCSCCc3nnc(NCc4ccccc4)[se]3)[se]2)cc1. The molecule has 4 aromatic rings. The van der Waals surface area contributed by atoms with Gasteiger partial charge in [0.1, 0.15) is 0 Å². The van der Waals surface area contributed by atoms with Crippen molar-refractivity contribution in [2.24, 2.45) is 0 Å². The van der Waals surface area contributed by atoms with E-state index < -0.39 is 0 Å². The predicted molar refractivity (Wildman–Crippen MR) is 130 cm³/mol. The number of benzene rings is 2. The molecule has 0 fully saturated rings. The summed E-state index contributed by atoms with van der Waals surface area (Å²) in [7, 11) is 0. The fourth-order valence-electron chi connectivity index (χ4n) is 2.82. The van der Waals surface area contributed by atoms with E-state index in [1.165, 1.54) is 20.3 Å². The van der Waals surface area contributed by atoms with Crippen molar-refractivity contribution in [1.29, 1.82) is 0 Å². The Balaban J connectivity index is 1.10. The second-order valence-electron chi connectivity index (χ2n) is 6.79. The van der Waals surface area contributed by atoms with Gasteiger partial charge in [-0.25, -0.2) is 0 Å². The number of aryl methyl sites for hydroxylation is 2. The van der Waals surface area contributed by atoms with E-state index in [4.69, 9.17) is 0 Å². The number of thioether (sulfide) groups is 1. The first-order chi connectivity index (χ1) is 15.3. The van der Waals surface area contributed by atoms with E-state index in [2.05, 4.69) is 79.6 Å². The van der Waals surface area contributed by atoms with Gasteiger partial charge in [-0.2, -0.15) is 0 Å². The summed E-state index contributed by atoms with van der Waals surface area (Å²) in [5.74, 6) is 2.17. The summed E-state index contributed by atoms with van der Waals surface area (Å²) in [6.07, 6.45) is 2.03. The van der Waals surface area contributed by atoms with Crippen LogP contribution in [0.5, 0.6) is 0 Å². The minimum absolute atomic E-state index is 0.237. The van der Waals surface area contributed by atoms with Crippen LogP contribution in [0.3, 0.4) is 0 Å². The van der Waals surface area contributed by atoms with Crippen LogP contribution in [0, 0.1) is 0 Å². The monoisotopic (exact) mass is 564 g/mol. The molecule has 2 heterocycles. The maximum atomic E-state index is 4.37. The van der Waals surface area contributed by atoms with Crippen molar-refractivity contribution in [1.82, 2.24) is 20.4 Å². The molecule has 6 nitrogen and oxygen atoms in total. The molecule has 2 N–H and O–H groups in total. The molecule has 0 amide bonds. The number of aromatic nitrogens is 4. The first kappa shape index (κ1) is 22.3. The molecule has 0 spiro atoms. The zero-order valence-electron chi connectivity index (χ0n) is 17.0. The zero-order chi connectivity index (χ0) is 21.1. The number of hydrogen-bond acceptors (Lipinski definition) is 7. The first-order valence-corrected chi connectivity index (χ1v) is 14.7. The fraction of sp³-hybridized carbons (Fsp3) is 0.273. The van der Waals surface area contributed by atoms with Crippen molar-refractivity contribution >= 4 is 50.2 Å². The molecule has 0 saturated carbocycles. The topological polar surface area (TPSA) is 75.6 Å². The summed E-state index contributed by atoms with van der Waals surface area (Å²) < 4.78 is 4.53. The molecule has 9 heteroatoms. The van der Waals surface area contributed by atoms with Gasteiger partial charge in [0.15, 0.2) is 0 Å². The molecular weight excluding hydrogens is 538 g/mol. The molecule has 0 radical (unpaired) electrons. The standard InChI is InChI=1S/C22H24N6SSe2/c1-3-7-17(8-4-1)15-23-21-27-25-19(30-21)11-13-29-14-12-20-26-28-22(31-20)24-16-18-9-5-2-6-10-18/h1-10H,11-16H2,(H,23,27)(H,24,28). The Kier molecular flexibility index (Phi) is 8.80. The van der Waals surface area contributed by atoms with Crippen LogP contribution in [0.1, 0.15) is 20.3 Å². The van der Waals surface area contributed by atoms with Crippen LogP contribution in [0.25, 0.3) is 0 Å². The molecule has 2 aromatic carbocycles. The van der Waals surface area contributed by atoms with E-state index in [9.17, 15) is 0 Å². The van der Waals surface area contributed by atoms with Crippen LogP contribution in [-0.4, -0.2) is 60.9 Å². The quantitative estimate of drug-likeness (QED) is 0.203. The summed E-state index contributed by atoms with van der Waals surface area (Å²) in [5.41, 5.74) is 2.53. The molecule has 0 aliphatic rings. The molecule has 31 heavy (non-hydrogen) atoms. The van der Waals surface area contributed by atoms with Crippen molar-refractivity contribution in [3.8, 4) is 0 Å². The predicted octanol–water partition coefficient (Wildman–Crippen LogP) is 3.12. The third kappa shape index (κ3) is 7.63. The number of rotatable bonds is 12. The molecule has 0 bridgehead atoms. The van der Waals surface area contributed by atoms with Gasteiger partial charge in [-0.3, -0.25) is 0 Å². The summed E-state index contributed by atoms with van der Waals surface area (Å²) in [4.78, 5) is 0. The molecule has 0 aliphatic carbocycles. The van der Waals surface area contributed by atoms with Gasteiger partial charge in [0, 0.05) is 0 Å². The van der Waals surface area contributed by atoms with Crippen molar-refractivity contribution in [2.75, 3.05) is 22.1 Å². The van der Waals surface area contributed by atoms with Crippen LogP contribution < -0.4 is 10.6 Å². The zero-order valence-corrected chi connectivity index (χ0v) is 21.3. The van der Waals surface area contributed by atoms with Crippen LogP contribution in [-0.2, 0) is 25.9 Å². The van der Waals surface area contributed by atoms with Crippen molar-refractivity contribution < 1.29 is 0 Å². The summed E-state index contributed by atoms with van der Waals surface area (Å²) in [6, 6.07) is 20.8. The summed E-state index contributed by atoms with van der Waals surface area (Å²) in [6.45, 7) is 1.63. The Hall–Kier alpha value is -1.89. The van der Waals surface area contributed by atoms with Gasteiger partial charge in [-0.15, -0.1) is 0 Å². The molecule has 0 unspecified atom stereocenters. The second-order valence-corrected chi connectivity index (χ2v) is 12.5. The molecule has 160 valence electrons. The third-order valence-corrected chi connectivity index (χ3v) is 9.36. The van der Waals surface area contributed by atoms with Crippen molar-refractivity contribution in [3.05, 3.63) is 80.9 Å². The second kappa shape index (κ2) is 12.2. The third-order valence-electron chi connectivity index (χ3n) is 4.43. The average molecular weight is 562 g/mol. The molecule has 2 aromatic heterocycles. The Morgan fingerprint density at radius 3 is 1.52 bits per heavy atom. The fourth-order valence-corrected chi connectivity index (χ4v) is 7.37. The Morgan fingerprint density at radius 1 is 0.613 bits per heavy atom. The molecular formula is C22H24N6SSe2. The minimum atomic E-state index is 0.237. The van der Waals surface area contributed by atoms with E-state index in [0.717, 1.165) is 46.8 Å². The van der Waals surface area contributed by atoms with E-state index >= 15 is 0 Å². The first-order valence-electron chi connectivity index (χ1n) is 10.1. The van der Waals surface area contributed by atoms with Crippen LogP contribution >= 0.6 is 11.8 Å². The van der Waals surface area contributed by atoms with E-state index in [1.54, 1.807) is 0 Å². The van der Waals surface area contributed by atoms with Crippen LogP contribution in [0.4, 0.5) is 9.38 Å². The number of hydrogen-bond donors (Lipinski definition) is 2. The van der Waals surface area contributed by atoms with E-state index in [1.807, 2.05) is 23.9 Å². The molecule has 0 saturated heterocycles. The molecule has 0 aliphatic heterocycles. The number of nitrogens with one attached hydrogen (secondary N) is 2. The number of anilines is 2. The van der Waals surface area contributed by atoms with Gasteiger partial charge in [0.25, 0.3) is 0 Å². The van der Waals surface area contributed by atoms with E-state index in [0.29, 0.717) is 0 Å². The van der Waals surface area contributed by atoms with Gasteiger partial charge in [0.2, 0.25) is 0 Å². The van der Waals surface area contributed by atoms with Gasteiger partial charge >= 0.3 is 200 Å². The Bertz CT molecular complexity index is 955. The van der Waals surface area contributed by atoms with Gasteiger partial charge in [0.05, 0.1) is 0 Å². The Morgan fingerprint density at radius 2 is 1.06 bits per heavy atom. The van der Waals surface area contributed by atoms with Crippen molar-refractivity contribution in [3.63, 3.8) is 0 Å². The average Bonchev–Trinajstić information content (AvgIpc) is 3.47. The van der Waals surface area contributed by atoms with Gasteiger partial charge in [-0.05, 0) is 0 Å². The van der Waals surface area contributed by atoms with Gasteiger partial charge < -0.3 is 0 Å².